The molecule has 0 spiro atoms. The van der Waals surface area contributed by atoms with Crippen molar-refractivity contribution in [2.75, 3.05) is 32.3 Å². The van der Waals surface area contributed by atoms with Gasteiger partial charge in [-0.3, -0.25) is 4.68 Å². The summed E-state index contributed by atoms with van der Waals surface area (Å²) in [7, 11) is 0. The van der Waals surface area contributed by atoms with Gasteiger partial charge in [0.05, 0.1) is 37.6 Å². The lowest BCUT2D eigenvalue weighted by Gasteiger charge is -2.04. The minimum Gasteiger partial charge on any atom is -0.462 e. The zero-order valence-corrected chi connectivity index (χ0v) is 19.8. The molecule has 0 saturated heterocycles. The van der Waals surface area contributed by atoms with Crippen molar-refractivity contribution in [1.29, 1.82) is 0 Å². The molecule has 0 aliphatic heterocycles. The Balaban J connectivity index is 0.000000331. The molecule has 11 heteroatoms. The average molecular weight is 466 g/mol. The van der Waals surface area contributed by atoms with E-state index in [0.29, 0.717) is 35.6 Å². The van der Waals surface area contributed by atoms with Crippen molar-refractivity contribution in [3.8, 4) is 0 Å². The highest BCUT2D eigenvalue weighted by Gasteiger charge is 2.23. The molecule has 0 aromatic carbocycles. The summed E-state index contributed by atoms with van der Waals surface area (Å²) in [6.07, 6.45) is 2.82. The van der Waals surface area contributed by atoms with Gasteiger partial charge < -0.3 is 29.8 Å². The number of hydrogen-bond acceptors (Lipinski definition) is 9. The molecule has 2 aromatic heterocycles. The molecule has 0 radical (unpaired) electrons. The van der Waals surface area contributed by atoms with Gasteiger partial charge in [0.15, 0.2) is 5.69 Å². The number of aromatic nitrogens is 2. The van der Waals surface area contributed by atoms with Crippen LogP contribution in [0.25, 0.3) is 0 Å². The summed E-state index contributed by atoms with van der Waals surface area (Å²) in [5, 5.41) is 0. The Morgan fingerprint density at radius 1 is 0.758 bits per heavy atom. The molecule has 3 N–H and O–H groups in total. The summed E-state index contributed by atoms with van der Waals surface area (Å²) < 4.78 is 20.5. The number of nitrogens with zero attached hydrogens (tertiary/aromatic N) is 1. The topological polar surface area (TPSA) is 152 Å². The SMILES string of the molecule is CCOC(=O)c1c[nH]c(C(=O)OCC)c1C.CCOC(=O)c1cn(N)c(C(=O)OCC)c1C. The molecule has 0 amide bonds. The van der Waals surface area contributed by atoms with Gasteiger partial charge >= 0.3 is 23.9 Å². The van der Waals surface area contributed by atoms with E-state index >= 15 is 0 Å². The van der Waals surface area contributed by atoms with Crippen molar-refractivity contribution in [3.63, 3.8) is 0 Å². The third-order valence-corrected chi connectivity index (χ3v) is 4.36. The molecule has 0 atom stereocenters. The fourth-order valence-corrected chi connectivity index (χ4v) is 2.83. The Kier molecular flexibility index (Phi) is 10.7. The van der Waals surface area contributed by atoms with Crippen LogP contribution in [0.5, 0.6) is 0 Å². The molecule has 2 heterocycles. The van der Waals surface area contributed by atoms with Crippen LogP contribution >= 0.6 is 0 Å². The van der Waals surface area contributed by atoms with Crippen LogP contribution in [0.4, 0.5) is 0 Å². The van der Waals surface area contributed by atoms with Gasteiger partial charge in [0, 0.05) is 12.4 Å². The summed E-state index contributed by atoms with van der Waals surface area (Å²) in [4.78, 5) is 48.8. The molecule has 33 heavy (non-hydrogen) atoms. The highest BCUT2D eigenvalue weighted by molar-refractivity contribution is 5.98. The number of nitrogen functional groups attached to an aromatic ring is 1. The fraction of sp³-hybridized carbons (Fsp3) is 0.455. The normalized spacial score (nSPS) is 10.0. The standard InChI is InChI=1S/C11H16N2O4.C11H15NO4/c1-4-16-10(14)8-6-13(12)9(7(8)3)11(15)17-5-2;1-4-15-10(13)8-6-12-9(7(8)3)11(14)16-5-2/h6H,4-5,12H2,1-3H3;6,12H,4-5H2,1-3H3. The lowest BCUT2D eigenvalue weighted by atomic mass is 10.2. The van der Waals surface area contributed by atoms with Crippen LogP contribution in [0.2, 0.25) is 0 Å². The predicted molar refractivity (Wildman–Crippen MR) is 119 cm³/mol. The van der Waals surface area contributed by atoms with Gasteiger partial charge in [0.1, 0.15) is 5.69 Å². The van der Waals surface area contributed by atoms with Gasteiger partial charge in [0.25, 0.3) is 0 Å². The molecule has 2 aromatic rings. The van der Waals surface area contributed by atoms with Gasteiger partial charge in [-0.1, -0.05) is 0 Å². The van der Waals surface area contributed by atoms with Crippen LogP contribution in [-0.2, 0) is 18.9 Å². The second-order valence-corrected chi connectivity index (χ2v) is 6.51. The van der Waals surface area contributed by atoms with Crippen molar-refractivity contribution in [3.05, 3.63) is 46.0 Å². The molecule has 11 nitrogen and oxygen atoms in total. The second kappa shape index (κ2) is 12.9. The summed E-state index contributed by atoms with van der Waals surface area (Å²) in [5.74, 6) is 3.66. The van der Waals surface area contributed by atoms with Crippen molar-refractivity contribution in [2.24, 2.45) is 0 Å². The van der Waals surface area contributed by atoms with Crippen LogP contribution in [-0.4, -0.2) is 60.0 Å². The minimum absolute atomic E-state index is 0.162. The Bertz CT molecular complexity index is 955. The first kappa shape index (κ1) is 27.3. The maximum Gasteiger partial charge on any atom is 0.357 e. The molecule has 182 valence electrons. The third-order valence-electron chi connectivity index (χ3n) is 4.36. The lowest BCUT2D eigenvalue weighted by Crippen LogP contribution is -2.18. The number of nitrogens with two attached hydrogens (primary N) is 1. The van der Waals surface area contributed by atoms with E-state index in [1.807, 2.05) is 0 Å². The Morgan fingerprint density at radius 2 is 1.21 bits per heavy atom. The number of carbonyl (C=O) groups excluding carboxylic acids is 4. The quantitative estimate of drug-likeness (QED) is 0.340. The Hall–Kier alpha value is -3.76. The maximum absolute atomic E-state index is 11.6. The lowest BCUT2D eigenvalue weighted by molar-refractivity contribution is 0.0504. The Labute approximate surface area is 192 Å². The number of rotatable bonds is 8. The van der Waals surface area contributed by atoms with Crippen LogP contribution < -0.4 is 5.84 Å². The van der Waals surface area contributed by atoms with E-state index in [9.17, 15) is 19.2 Å². The summed E-state index contributed by atoms with van der Waals surface area (Å²) in [6, 6.07) is 0. The van der Waals surface area contributed by atoms with E-state index in [2.05, 4.69) is 4.98 Å². The first-order chi connectivity index (χ1) is 15.6. The zero-order chi connectivity index (χ0) is 25.1. The monoisotopic (exact) mass is 465 g/mol. The van der Waals surface area contributed by atoms with E-state index in [-0.39, 0.29) is 24.5 Å². The van der Waals surface area contributed by atoms with Crippen molar-refractivity contribution < 1.29 is 38.1 Å². The molecule has 0 unspecified atom stereocenters. The predicted octanol–water partition coefficient (Wildman–Crippen LogP) is 2.54. The summed E-state index contributed by atoms with van der Waals surface area (Å²) in [5.41, 5.74) is 2.11. The molecular formula is C22H31N3O8. The van der Waals surface area contributed by atoms with Crippen molar-refractivity contribution in [2.45, 2.75) is 41.5 Å². The number of carbonyl (C=O) groups is 4. The smallest absolute Gasteiger partial charge is 0.357 e. The van der Waals surface area contributed by atoms with E-state index in [4.69, 9.17) is 24.8 Å². The third kappa shape index (κ3) is 6.86. The molecule has 0 bridgehead atoms. The number of nitrogens with one attached hydrogen (secondary N) is 1. The van der Waals surface area contributed by atoms with Crippen LogP contribution in [0.1, 0.15) is 80.5 Å². The first-order valence-corrected chi connectivity index (χ1v) is 10.5. The molecule has 2 rings (SSSR count). The van der Waals surface area contributed by atoms with Gasteiger partial charge in [0.2, 0.25) is 0 Å². The van der Waals surface area contributed by atoms with Crippen LogP contribution in [0, 0.1) is 13.8 Å². The highest BCUT2D eigenvalue weighted by atomic mass is 16.5. The molecule has 0 aliphatic carbocycles. The average Bonchev–Trinajstić information content (AvgIpc) is 3.28. The second-order valence-electron chi connectivity index (χ2n) is 6.51. The molecule has 0 aliphatic rings. The minimum atomic E-state index is -0.553. The van der Waals surface area contributed by atoms with Gasteiger partial charge in [-0.2, -0.15) is 0 Å². The number of esters is 4. The molecule has 0 saturated carbocycles. The van der Waals surface area contributed by atoms with E-state index in [0.717, 1.165) is 4.68 Å². The van der Waals surface area contributed by atoms with Crippen LogP contribution in [0.3, 0.4) is 0 Å². The zero-order valence-electron chi connectivity index (χ0n) is 19.8. The van der Waals surface area contributed by atoms with E-state index < -0.39 is 23.9 Å². The number of hydrogen-bond donors (Lipinski definition) is 2. The number of ether oxygens (including phenoxy) is 4. The highest BCUT2D eigenvalue weighted by Crippen LogP contribution is 2.17. The molecular weight excluding hydrogens is 434 g/mol. The van der Waals surface area contributed by atoms with Crippen molar-refractivity contribution in [1.82, 2.24) is 9.66 Å². The first-order valence-electron chi connectivity index (χ1n) is 10.5. The molecule has 0 fully saturated rings. The maximum atomic E-state index is 11.6. The van der Waals surface area contributed by atoms with Gasteiger partial charge in [-0.25, -0.2) is 19.2 Å². The largest absolute Gasteiger partial charge is 0.462 e. The Morgan fingerprint density at radius 3 is 1.73 bits per heavy atom. The summed E-state index contributed by atoms with van der Waals surface area (Å²) in [6.45, 7) is 11.3. The fourth-order valence-electron chi connectivity index (χ4n) is 2.83. The van der Waals surface area contributed by atoms with E-state index in [1.54, 1.807) is 41.5 Å². The van der Waals surface area contributed by atoms with Crippen LogP contribution in [0.15, 0.2) is 12.4 Å². The summed E-state index contributed by atoms with van der Waals surface area (Å²) >= 11 is 0. The van der Waals surface area contributed by atoms with Crippen molar-refractivity contribution >= 4 is 23.9 Å². The van der Waals surface area contributed by atoms with Gasteiger partial charge in [-0.05, 0) is 52.7 Å². The van der Waals surface area contributed by atoms with Gasteiger partial charge in [-0.15, -0.1) is 0 Å². The number of H-pyrrole nitrogens is 1. The number of aromatic amines is 1. The van der Waals surface area contributed by atoms with E-state index in [1.165, 1.54) is 12.4 Å².